The predicted octanol–water partition coefficient (Wildman–Crippen LogP) is 2.95. The maximum absolute atomic E-state index is 9.02. The Kier molecular flexibility index (Phi) is 3.83. The minimum Gasteiger partial charge on any atom is -0.392 e. The minimum absolute atomic E-state index is 0.135. The summed E-state index contributed by atoms with van der Waals surface area (Å²) in [6, 6.07) is 9.03. The van der Waals surface area contributed by atoms with Crippen molar-refractivity contribution in [1.82, 2.24) is 0 Å². The van der Waals surface area contributed by atoms with Crippen LogP contribution < -0.4 is 4.90 Å². The van der Waals surface area contributed by atoms with Gasteiger partial charge in [0.25, 0.3) is 0 Å². The van der Waals surface area contributed by atoms with E-state index in [1.165, 1.54) is 31.4 Å². The monoisotopic (exact) mass is 219 g/mol. The third-order valence-corrected chi connectivity index (χ3v) is 3.56. The first-order valence-corrected chi connectivity index (χ1v) is 6.31. The van der Waals surface area contributed by atoms with E-state index in [4.69, 9.17) is 5.11 Å². The standard InChI is InChI=1S/C14H21NO/c1-2-15(13-5-3-4-6-13)14-9-7-12(11-16)8-10-14/h7-10,13,16H,2-6,11H2,1H3. The van der Waals surface area contributed by atoms with Gasteiger partial charge in [0.15, 0.2) is 0 Å². The highest BCUT2D eigenvalue weighted by Gasteiger charge is 2.21. The molecule has 1 N–H and O–H groups in total. The quantitative estimate of drug-likeness (QED) is 0.841. The van der Waals surface area contributed by atoms with Gasteiger partial charge >= 0.3 is 0 Å². The average molecular weight is 219 g/mol. The summed E-state index contributed by atoms with van der Waals surface area (Å²) in [6.07, 6.45) is 5.40. The highest BCUT2D eigenvalue weighted by atomic mass is 16.3. The minimum atomic E-state index is 0.135. The molecule has 2 rings (SSSR count). The number of aliphatic hydroxyl groups excluding tert-OH is 1. The Balaban J connectivity index is 2.12. The van der Waals surface area contributed by atoms with E-state index in [9.17, 15) is 0 Å². The summed E-state index contributed by atoms with van der Waals surface area (Å²) in [5, 5.41) is 9.02. The highest BCUT2D eigenvalue weighted by Crippen LogP contribution is 2.28. The van der Waals surface area contributed by atoms with Crippen LogP contribution in [0.25, 0.3) is 0 Å². The van der Waals surface area contributed by atoms with E-state index in [-0.39, 0.29) is 6.61 Å². The van der Waals surface area contributed by atoms with Crippen molar-refractivity contribution < 1.29 is 5.11 Å². The van der Waals surface area contributed by atoms with E-state index < -0.39 is 0 Å². The Morgan fingerprint density at radius 1 is 1.19 bits per heavy atom. The van der Waals surface area contributed by atoms with Crippen LogP contribution in [0.1, 0.15) is 38.2 Å². The molecule has 0 saturated heterocycles. The summed E-state index contributed by atoms with van der Waals surface area (Å²) in [4.78, 5) is 2.49. The molecule has 1 aromatic rings. The number of aliphatic hydroxyl groups is 1. The fourth-order valence-electron chi connectivity index (χ4n) is 2.66. The van der Waals surface area contributed by atoms with Gasteiger partial charge in [-0.05, 0) is 37.5 Å². The van der Waals surface area contributed by atoms with E-state index in [1.807, 2.05) is 12.1 Å². The molecule has 0 amide bonds. The Bertz CT molecular complexity index is 314. The van der Waals surface area contributed by atoms with E-state index >= 15 is 0 Å². The number of hydrogen-bond donors (Lipinski definition) is 1. The van der Waals surface area contributed by atoms with Crippen LogP contribution in [0.4, 0.5) is 5.69 Å². The van der Waals surface area contributed by atoms with Crippen LogP contribution >= 0.6 is 0 Å². The van der Waals surface area contributed by atoms with Crippen LogP contribution in [0.15, 0.2) is 24.3 Å². The zero-order chi connectivity index (χ0) is 11.4. The fraction of sp³-hybridized carbons (Fsp3) is 0.571. The summed E-state index contributed by atoms with van der Waals surface area (Å²) >= 11 is 0. The van der Waals surface area contributed by atoms with Crippen molar-refractivity contribution in [2.24, 2.45) is 0 Å². The molecule has 0 bridgehead atoms. The lowest BCUT2D eigenvalue weighted by Gasteiger charge is -2.30. The Labute approximate surface area is 97.9 Å². The third kappa shape index (κ3) is 2.38. The van der Waals surface area contributed by atoms with Gasteiger partial charge in [-0.2, -0.15) is 0 Å². The van der Waals surface area contributed by atoms with Gasteiger partial charge in [-0.1, -0.05) is 25.0 Å². The first-order chi connectivity index (χ1) is 7.85. The first kappa shape index (κ1) is 11.5. The van der Waals surface area contributed by atoms with Crippen molar-refractivity contribution in [3.63, 3.8) is 0 Å². The largest absolute Gasteiger partial charge is 0.392 e. The lowest BCUT2D eigenvalue weighted by atomic mass is 10.1. The van der Waals surface area contributed by atoms with Crippen molar-refractivity contribution in [2.75, 3.05) is 11.4 Å². The fourth-order valence-corrected chi connectivity index (χ4v) is 2.66. The summed E-state index contributed by atoms with van der Waals surface area (Å²) in [6.45, 7) is 3.43. The molecule has 1 aromatic carbocycles. The van der Waals surface area contributed by atoms with Crippen molar-refractivity contribution >= 4 is 5.69 Å². The van der Waals surface area contributed by atoms with Gasteiger partial charge in [0, 0.05) is 18.3 Å². The molecule has 0 radical (unpaired) electrons. The maximum atomic E-state index is 9.02. The second kappa shape index (κ2) is 5.35. The summed E-state index contributed by atoms with van der Waals surface area (Å²) in [5.74, 6) is 0. The molecular weight excluding hydrogens is 198 g/mol. The predicted molar refractivity (Wildman–Crippen MR) is 67.6 cm³/mol. The first-order valence-electron chi connectivity index (χ1n) is 6.31. The van der Waals surface area contributed by atoms with Crippen molar-refractivity contribution in [3.8, 4) is 0 Å². The zero-order valence-corrected chi connectivity index (χ0v) is 10.0. The Hall–Kier alpha value is -1.02. The molecule has 88 valence electrons. The summed E-state index contributed by atoms with van der Waals surface area (Å²) < 4.78 is 0. The van der Waals surface area contributed by atoms with Gasteiger partial charge in [0.1, 0.15) is 0 Å². The second-order valence-corrected chi connectivity index (χ2v) is 4.55. The zero-order valence-electron chi connectivity index (χ0n) is 10.0. The number of nitrogens with zero attached hydrogens (tertiary/aromatic N) is 1. The van der Waals surface area contributed by atoms with Gasteiger partial charge in [-0.25, -0.2) is 0 Å². The van der Waals surface area contributed by atoms with Crippen molar-refractivity contribution in [1.29, 1.82) is 0 Å². The van der Waals surface area contributed by atoms with Crippen molar-refractivity contribution in [3.05, 3.63) is 29.8 Å². The molecule has 0 spiro atoms. The molecule has 0 unspecified atom stereocenters. The summed E-state index contributed by atoms with van der Waals surface area (Å²) in [7, 11) is 0. The van der Waals surface area contributed by atoms with Crippen molar-refractivity contribution in [2.45, 2.75) is 45.3 Å². The van der Waals surface area contributed by atoms with Crippen LogP contribution in [-0.2, 0) is 6.61 Å². The normalized spacial score (nSPS) is 16.6. The van der Waals surface area contributed by atoms with E-state index in [1.54, 1.807) is 0 Å². The Morgan fingerprint density at radius 2 is 1.81 bits per heavy atom. The van der Waals surface area contributed by atoms with Crippen LogP contribution in [0.2, 0.25) is 0 Å². The number of anilines is 1. The lowest BCUT2D eigenvalue weighted by Crippen LogP contribution is -2.32. The smallest absolute Gasteiger partial charge is 0.0681 e. The SMILES string of the molecule is CCN(c1ccc(CO)cc1)C1CCCC1. The van der Waals surface area contributed by atoms with Gasteiger partial charge in [-0.15, -0.1) is 0 Å². The Morgan fingerprint density at radius 3 is 2.31 bits per heavy atom. The van der Waals surface area contributed by atoms with Gasteiger partial charge in [0.2, 0.25) is 0 Å². The molecule has 1 saturated carbocycles. The van der Waals surface area contributed by atoms with Crippen LogP contribution in [-0.4, -0.2) is 17.7 Å². The van der Waals surface area contributed by atoms with E-state index in [2.05, 4.69) is 24.0 Å². The van der Waals surface area contributed by atoms with Crippen LogP contribution in [0.3, 0.4) is 0 Å². The highest BCUT2D eigenvalue weighted by molar-refractivity contribution is 5.48. The lowest BCUT2D eigenvalue weighted by molar-refractivity contribution is 0.282. The van der Waals surface area contributed by atoms with Gasteiger partial charge in [0.05, 0.1) is 6.61 Å². The maximum Gasteiger partial charge on any atom is 0.0681 e. The molecule has 0 atom stereocenters. The molecule has 1 fully saturated rings. The molecule has 0 aromatic heterocycles. The molecular formula is C14H21NO. The van der Waals surface area contributed by atoms with Crippen LogP contribution in [0, 0.1) is 0 Å². The topological polar surface area (TPSA) is 23.5 Å². The molecule has 1 aliphatic carbocycles. The molecule has 2 nitrogen and oxygen atoms in total. The van der Waals surface area contributed by atoms with Crippen LogP contribution in [0.5, 0.6) is 0 Å². The number of hydrogen-bond acceptors (Lipinski definition) is 2. The second-order valence-electron chi connectivity index (χ2n) is 4.55. The average Bonchev–Trinajstić information content (AvgIpc) is 2.85. The molecule has 0 aliphatic heterocycles. The third-order valence-electron chi connectivity index (χ3n) is 3.56. The number of rotatable bonds is 4. The molecule has 1 aliphatic rings. The molecule has 16 heavy (non-hydrogen) atoms. The molecule has 0 heterocycles. The van der Waals surface area contributed by atoms with E-state index in [0.29, 0.717) is 0 Å². The molecule has 2 heteroatoms. The number of benzene rings is 1. The van der Waals surface area contributed by atoms with Gasteiger partial charge < -0.3 is 10.0 Å². The summed E-state index contributed by atoms with van der Waals surface area (Å²) in [5.41, 5.74) is 2.29. The van der Waals surface area contributed by atoms with Gasteiger partial charge in [-0.3, -0.25) is 0 Å². The van der Waals surface area contributed by atoms with E-state index in [0.717, 1.165) is 18.2 Å².